The molecule has 1 rings (SSSR count). The zero-order valence-electron chi connectivity index (χ0n) is 8.54. The molecule has 0 saturated heterocycles. The average Bonchev–Trinajstić information content (AvgIpc) is 2.23. The molecule has 1 unspecified atom stereocenters. The van der Waals surface area contributed by atoms with Crippen LogP contribution < -0.4 is 5.73 Å². The summed E-state index contributed by atoms with van der Waals surface area (Å²) in [6.45, 7) is 0. The molecular weight excluding hydrogens is 342 g/mol. The molecule has 1 atom stereocenters. The van der Waals surface area contributed by atoms with Crippen LogP contribution in [0.3, 0.4) is 0 Å². The van der Waals surface area contributed by atoms with E-state index >= 15 is 0 Å². The fourth-order valence-corrected chi connectivity index (χ4v) is 2.56. The van der Waals surface area contributed by atoms with Crippen molar-refractivity contribution in [1.82, 2.24) is 0 Å². The molecule has 0 aliphatic heterocycles. The summed E-state index contributed by atoms with van der Waals surface area (Å²) in [6, 6.07) is 2.64. The van der Waals surface area contributed by atoms with Crippen LogP contribution in [0.25, 0.3) is 0 Å². The van der Waals surface area contributed by atoms with Crippen molar-refractivity contribution >= 4 is 37.8 Å². The van der Waals surface area contributed by atoms with Gasteiger partial charge in [0.15, 0.2) is 0 Å². The number of ether oxygens (including phenoxy) is 1. The predicted octanol–water partition coefficient (Wildman–Crippen LogP) is 1.96. The van der Waals surface area contributed by atoms with E-state index in [1.807, 2.05) is 0 Å². The Hall–Kier alpha value is -0.590. The Kier molecular flexibility index (Phi) is 4.76. The number of methoxy groups -OCH3 is 1. The number of esters is 1. The van der Waals surface area contributed by atoms with Crippen molar-refractivity contribution in [2.24, 2.45) is 5.73 Å². The number of carbonyl (C=O) groups excluding carboxylic acids is 1. The molecule has 0 amide bonds. The molecule has 0 fully saturated rings. The molecule has 0 radical (unpaired) electrons. The minimum atomic E-state index is -0.780. The summed E-state index contributed by atoms with van der Waals surface area (Å²) in [6.07, 6.45) is 0.219. The number of carbonyl (C=O) groups is 1. The first-order chi connectivity index (χ1) is 7.45. The summed E-state index contributed by atoms with van der Waals surface area (Å²) < 4.78 is 5.86. The van der Waals surface area contributed by atoms with Crippen molar-refractivity contribution in [1.29, 1.82) is 0 Å². The molecule has 0 aliphatic carbocycles. The van der Waals surface area contributed by atoms with E-state index in [1.54, 1.807) is 12.1 Å². The molecule has 0 bridgehead atoms. The van der Waals surface area contributed by atoms with Crippen molar-refractivity contribution in [2.45, 2.75) is 12.5 Å². The first-order valence-corrected chi connectivity index (χ1v) is 6.04. The van der Waals surface area contributed by atoms with Crippen LogP contribution in [0.2, 0.25) is 0 Å². The van der Waals surface area contributed by atoms with Crippen LogP contribution in [0.5, 0.6) is 5.75 Å². The number of halogens is 2. The number of aromatic hydroxyl groups is 1. The number of nitrogens with two attached hydrogens (primary N) is 1. The van der Waals surface area contributed by atoms with Crippen molar-refractivity contribution in [3.8, 4) is 5.75 Å². The topological polar surface area (TPSA) is 72.5 Å². The number of rotatable bonds is 3. The van der Waals surface area contributed by atoms with Crippen LogP contribution in [0.4, 0.5) is 0 Å². The van der Waals surface area contributed by atoms with E-state index < -0.39 is 12.0 Å². The number of benzene rings is 1. The highest BCUT2D eigenvalue weighted by molar-refractivity contribution is 9.11. The molecule has 0 aliphatic rings. The zero-order valence-corrected chi connectivity index (χ0v) is 11.7. The zero-order chi connectivity index (χ0) is 12.3. The lowest BCUT2D eigenvalue weighted by molar-refractivity contribution is -0.142. The highest BCUT2D eigenvalue weighted by atomic mass is 79.9. The molecular formula is C10H11Br2NO3. The Labute approximate surface area is 110 Å². The quantitative estimate of drug-likeness (QED) is 0.815. The van der Waals surface area contributed by atoms with E-state index in [9.17, 15) is 9.90 Å². The van der Waals surface area contributed by atoms with Crippen LogP contribution in [-0.2, 0) is 16.0 Å². The van der Waals surface area contributed by atoms with E-state index in [1.165, 1.54) is 7.11 Å². The van der Waals surface area contributed by atoms with E-state index in [-0.39, 0.29) is 12.2 Å². The van der Waals surface area contributed by atoms with Crippen molar-refractivity contribution in [2.75, 3.05) is 7.11 Å². The molecule has 16 heavy (non-hydrogen) atoms. The fourth-order valence-electron chi connectivity index (χ4n) is 1.25. The smallest absolute Gasteiger partial charge is 0.322 e. The molecule has 1 aromatic carbocycles. The normalized spacial score (nSPS) is 12.2. The van der Waals surface area contributed by atoms with Gasteiger partial charge in [-0.15, -0.1) is 0 Å². The first-order valence-electron chi connectivity index (χ1n) is 4.46. The second-order valence-corrected chi connectivity index (χ2v) is 5.00. The third-order valence-electron chi connectivity index (χ3n) is 2.05. The second-order valence-electron chi connectivity index (χ2n) is 3.23. The lowest BCUT2D eigenvalue weighted by Crippen LogP contribution is -2.33. The molecule has 4 nitrogen and oxygen atoms in total. The van der Waals surface area contributed by atoms with Gasteiger partial charge in [-0.1, -0.05) is 15.9 Å². The SMILES string of the molecule is COC(=O)C(N)Cc1cc(Br)cc(Br)c1O. The third kappa shape index (κ3) is 3.20. The van der Waals surface area contributed by atoms with Crippen LogP contribution in [0.1, 0.15) is 5.56 Å². The Morgan fingerprint density at radius 1 is 1.56 bits per heavy atom. The van der Waals surface area contributed by atoms with Gasteiger partial charge in [0.25, 0.3) is 0 Å². The number of hydrogen-bond acceptors (Lipinski definition) is 4. The first kappa shape index (κ1) is 13.5. The molecule has 6 heteroatoms. The van der Waals surface area contributed by atoms with Gasteiger partial charge in [0.1, 0.15) is 11.8 Å². The molecule has 0 saturated carbocycles. The van der Waals surface area contributed by atoms with Gasteiger partial charge in [0.05, 0.1) is 11.6 Å². The molecule has 0 spiro atoms. The Balaban J connectivity index is 2.93. The second kappa shape index (κ2) is 5.65. The van der Waals surface area contributed by atoms with Gasteiger partial charge < -0.3 is 15.6 Å². The van der Waals surface area contributed by atoms with Gasteiger partial charge in [-0.05, 0) is 33.6 Å². The van der Waals surface area contributed by atoms with Gasteiger partial charge >= 0.3 is 5.97 Å². The van der Waals surface area contributed by atoms with Crippen LogP contribution >= 0.6 is 31.9 Å². The van der Waals surface area contributed by atoms with Gasteiger partial charge in [-0.2, -0.15) is 0 Å². The molecule has 0 heterocycles. The maximum absolute atomic E-state index is 11.1. The van der Waals surface area contributed by atoms with Gasteiger partial charge in [-0.25, -0.2) is 0 Å². The summed E-state index contributed by atoms with van der Waals surface area (Å²) in [5.41, 5.74) is 6.20. The Morgan fingerprint density at radius 2 is 2.19 bits per heavy atom. The minimum absolute atomic E-state index is 0.0857. The summed E-state index contributed by atoms with van der Waals surface area (Å²) in [7, 11) is 1.28. The Bertz CT molecular complexity index is 409. The summed E-state index contributed by atoms with van der Waals surface area (Å²) >= 11 is 6.50. The standard InChI is InChI=1S/C10H11Br2NO3/c1-16-10(15)8(13)3-5-2-6(11)4-7(12)9(5)14/h2,4,8,14H,3,13H2,1H3. The average molecular weight is 353 g/mol. The molecule has 3 N–H and O–H groups in total. The summed E-state index contributed by atoms with van der Waals surface area (Å²) in [5.74, 6) is -0.418. The van der Waals surface area contributed by atoms with E-state index in [0.717, 1.165) is 4.47 Å². The maximum Gasteiger partial charge on any atom is 0.322 e. The fraction of sp³-hybridized carbons (Fsp3) is 0.300. The van der Waals surface area contributed by atoms with Gasteiger partial charge in [-0.3, -0.25) is 4.79 Å². The monoisotopic (exact) mass is 351 g/mol. The third-order valence-corrected chi connectivity index (χ3v) is 3.11. The minimum Gasteiger partial charge on any atom is -0.506 e. The van der Waals surface area contributed by atoms with E-state index in [2.05, 4.69) is 36.6 Å². The maximum atomic E-state index is 11.1. The van der Waals surface area contributed by atoms with E-state index in [4.69, 9.17) is 5.73 Å². The van der Waals surface area contributed by atoms with E-state index in [0.29, 0.717) is 10.0 Å². The highest BCUT2D eigenvalue weighted by Gasteiger charge is 2.17. The van der Waals surface area contributed by atoms with Crippen LogP contribution in [0, 0.1) is 0 Å². The van der Waals surface area contributed by atoms with Crippen molar-refractivity contribution < 1.29 is 14.6 Å². The number of hydrogen-bond donors (Lipinski definition) is 2. The Morgan fingerprint density at radius 3 is 2.75 bits per heavy atom. The highest BCUT2D eigenvalue weighted by Crippen LogP contribution is 2.32. The lowest BCUT2D eigenvalue weighted by atomic mass is 10.1. The van der Waals surface area contributed by atoms with Crippen molar-refractivity contribution in [3.05, 3.63) is 26.6 Å². The van der Waals surface area contributed by atoms with Gasteiger partial charge in [0.2, 0.25) is 0 Å². The van der Waals surface area contributed by atoms with Crippen molar-refractivity contribution in [3.63, 3.8) is 0 Å². The summed E-state index contributed by atoms with van der Waals surface area (Å²) in [4.78, 5) is 11.1. The molecule has 0 aromatic heterocycles. The molecule has 1 aromatic rings. The number of phenolic OH excluding ortho intramolecular Hbond substituents is 1. The molecule has 88 valence electrons. The predicted molar refractivity (Wildman–Crippen MR) is 67.2 cm³/mol. The lowest BCUT2D eigenvalue weighted by Gasteiger charge is -2.11. The summed E-state index contributed by atoms with van der Waals surface area (Å²) in [5, 5.41) is 9.75. The number of phenols is 1. The largest absolute Gasteiger partial charge is 0.506 e. The van der Waals surface area contributed by atoms with Crippen LogP contribution in [0.15, 0.2) is 21.1 Å². The van der Waals surface area contributed by atoms with Crippen LogP contribution in [-0.4, -0.2) is 24.2 Å². The van der Waals surface area contributed by atoms with Gasteiger partial charge in [0, 0.05) is 10.9 Å².